The Morgan fingerprint density at radius 1 is 0.100 bits per heavy atom. The van der Waals surface area contributed by atoms with Gasteiger partial charge in [0.2, 0.25) is 0 Å². The summed E-state index contributed by atoms with van der Waals surface area (Å²) >= 11 is 0. The van der Waals surface area contributed by atoms with Crippen LogP contribution in [0.2, 0.25) is 0 Å². The Labute approximate surface area is 748 Å². The van der Waals surface area contributed by atoms with Crippen molar-refractivity contribution in [3.63, 3.8) is 0 Å². The van der Waals surface area contributed by atoms with Crippen LogP contribution in [0.25, 0.3) is 241 Å². The lowest BCUT2D eigenvalue weighted by atomic mass is 10.0. The summed E-state index contributed by atoms with van der Waals surface area (Å²) < 4.78 is 14.5. The van der Waals surface area contributed by atoms with Gasteiger partial charge in [0, 0.05) is 97.9 Å². The highest BCUT2D eigenvalue weighted by Gasteiger charge is 2.24. The molecule has 28 rings (SSSR count). The summed E-state index contributed by atoms with van der Waals surface area (Å²) in [5, 5.41) is 25.2. The lowest BCUT2D eigenvalue weighted by molar-refractivity contribution is 1.18. The zero-order chi connectivity index (χ0) is 85.4. The molecule has 0 amide bonds. The van der Waals surface area contributed by atoms with Crippen LogP contribution in [-0.4, -0.2) is 27.4 Å². The van der Waals surface area contributed by atoms with Gasteiger partial charge in [-0.2, -0.15) is 0 Å². The monoisotopic (exact) mass is 1650 g/mol. The lowest BCUT2D eigenvalue weighted by Crippen LogP contribution is -1.96. The van der Waals surface area contributed by atoms with E-state index in [4.69, 9.17) is 0 Å². The molecule has 6 heterocycles. The Morgan fingerprint density at radius 2 is 0.308 bits per heavy atom. The minimum atomic E-state index is 1.17. The maximum atomic E-state index is 2.45. The number of para-hydroxylation sites is 8. The number of hydrogen-bond acceptors (Lipinski definition) is 0. The molecule has 0 fully saturated rings. The van der Waals surface area contributed by atoms with E-state index in [0.29, 0.717) is 0 Å². The summed E-state index contributed by atoms with van der Waals surface area (Å²) in [6, 6.07) is 177. The average molecular weight is 1650 g/mol. The fourth-order valence-electron chi connectivity index (χ4n) is 21.2. The Balaban J connectivity index is 0.000000103. The number of hydrogen-bond donors (Lipinski definition) is 0. The van der Waals surface area contributed by atoms with Gasteiger partial charge in [-0.1, -0.05) is 358 Å². The van der Waals surface area contributed by atoms with Crippen LogP contribution >= 0.6 is 0 Å². The topological polar surface area (TPSA) is 29.6 Å². The quantitative estimate of drug-likeness (QED) is 0.138. The summed E-state index contributed by atoms with van der Waals surface area (Å²) in [4.78, 5) is 0. The standard InChI is InChI=1S/C44H28N2.2C40H26N2/c1-3-15-33-29(11-1)13-9-21-39(33)45-41-19-7-5-17-35(41)37-25-23-31(27-43(37)45)32-24-26-38-36-18-6-8-20-42(36)46(44(38)28-32)40-22-10-14-30-12-2-4-16-34(30)40;1-2-13-30(14-3-1)41-37-18-8-6-16-32(37)34-23-21-28(25-39(34)41)29-22-24-35-33-17-7-9-19-38(33)42(40(35)26-29)36-20-10-12-27-11-4-5-15-31(27)36;1-2-12-31(13-3-1)41-37-16-8-6-14-33(37)35-22-19-29(25-39(35)41)30-20-23-36-34-15-7-9-17-38(34)42(40(36)26-30)32-21-18-27-10-4-5-11-28(27)24-32/h1-28H;2*1-26H. The molecule has 606 valence electrons. The molecule has 28 aromatic rings. The number of nitrogens with zero attached hydrogens (tertiary/aromatic N) is 6. The Hall–Kier alpha value is -17.3. The van der Waals surface area contributed by atoms with Crippen LogP contribution in [-0.2, 0) is 0 Å². The molecule has 6 aromatic heterocycles. The second-order valence-electron chi connectivity index (χ2n) is 34.2. The summed E-state index contributed by atoms with van der Waals surface area (Å²) in [5.74, 6) is 0. The van der Waals surface area contributed by atoms with Gasteiger partial charge in [0.05, 0.1) is 83.3 Å². The summed E-state index contributed by atoms with van der Waals surface area (Å²) in [6.45, 7) is 0. The summed E-state index contributed by atoms with van der Waals surface area (Å²) in [6.07, 6.45) is 0. The molecule has 0 N–H and O–H groups in total. The first-order valence-corrected chi connectivity index (χ1v) is 44.8. The van der Waals surface area contributed by atoms with E-state index in [9.17, 15) is 0 Å². The molecule has 130 heavy (non-hydrogen) atoms. The first-order valence-electron chi connectivity index (χ1n) is 44.8. The molecule has 0 unspecified atom stereocenters. The Morgan fingerprint density at radius 3 is 0.600 bits per heavy atom. The third-order valence-electron chi connectivity index (χ3n) is 27.1. The highest BCUT2D eigenvalue weighted by Crippen LogP contribution is 2.46. The van der Waals surface area contributed by atoms with Crippen LogP contribution in [0.5, 0.6) is 0 Å². The fraction of sp³-hybridized carbons (Fsp3) is 0. The SMILES string of the molecule is c1ccc(-n2c3ccccc3c3ccc(-c4ccc5c6ccccc6n(-c6ccc7ccccc7c6)c5c4)cc32)cc1.c1ccc(-n2c3ccccc3c3ccc(-c4ccc5c6ccccc6n(-c6cccc7ccccc67)c5c4)cc32)cc1.c1ccc2c(-n3c4ccccc4c4ccc(-c5ccc6c7ccccc7n(-c7cccc8ccccc78)c6c5)cc43)cccc2c1. The highest BCUT2D eigenvalue weighted by atomic mass is 15.0. The molecule has 0 saturated carbocycles. The Bertz CT molecular complexity index is 9240. The van der Waals surface area contributed by atoms with E-state index in [1.54, 1.807) is 0 Å². The minimum Gasteiger partial charge on any atom is -0.309 e. The molecule has 0 aliphatic heterocycles. The predicted molar refractivity (Wildman–Crippen MR) is 552 cm³/mol. The van der Waals surface area contributed by atoms with E-state index in [-0.39, 0.29) is 0 Å². The van der Waals surface area contributed by atoms with Gasteiger partial charge in [-0.05, 0) is 188 Å². The molecular formula is C124H80N6. The number of fused-ring (bicyclic) bond motifs is 22. The molecule has 6 nitrogen and oxygen atoms in total. The normalized spacial score (nSPS) is 11.8. The van der Waals surface area contributed by atoms with Gasteiger partial charge in [0.1, 0.15) is 0 Å². The van der Waals surface area contributed by atoms with Crippen molar-refractivity contribution in [2.24, 2.45) is 0 Å². The molecular weight excluding hydrogens is 1570 g/mol. The average Bonchev–Trinajstić information content (AvgIpc) is 1.58. The number of rotatable bonds is 9. The zero-order valence-corrected chi connectivity index (χ0v) is 70.9. The van der Waals surface area contributed by atoms with E-state index in [2.05, 4.69) is 513 Å². The van der Waals surface area contributed by atoms with Gasteiger partial charge in [-0.3, -0.25) is 0 Å². The van der Waals surface area contributed by atoms with Gasteiger partial charge in [-0.15, -0.1) is 0 Å². The van der Waals surface area contributed by atoms with E-state index in [0.717, 1.165) is 0 Å². The number of aromatic nitrogens is 6. The number of benzene rings is 22. The van der Waals surface area contributed by atoms with Crippen molar-refractivity contribution in [1.82, 2.24) is 27.4 Å². The van der Waals surface area contributed by atoms with Crippen LogP contribution in [0, 0.1) is 0 Å². The molecule has 0 saturated heterocycles. The third-order valence-corrected chi connectivity index (χ3v) is 27.1. The molecule has 0 atom stereocenters. The highest BCUT2D eigenvalue weighted by molar-refractivity contribution is 6.18. The van der Waals surface area contributed by atoms with Crippen LogP contribution in [0.1, 0.15) is 0 Å². The van der Waals surface area contributed by atoms with E-state index >= 15 is 0 Å². The van der Waals surface area contributed by atoms with Gasteiger partial charge in [0.15, 0.2) is 0 Å². The van der Waals surface area contributed by atoms with E-state index in [1.165, 1.54) is 241 Å². The van der Waals surface area contributed by atoms with E-state index in [1.807, 2.05) is 0 Å². The van der Waals surface area contributed by atoms with Gasteiger partial charge in [-0.25, -0.2) is 0 Å². The van der Waals surface area contributed by atoms with Crippen molar-refractivity contribution in [1.29, 1.82) is 0 Å². The summed E-state index contributed by atoms with van der Waals surface area (Å²) in [5.41, 5.74) is 29.0. The van der Waals surface area contributed by atoms with Crippen molar-refractivity contribution in [2.75, 3.05) is 0 Å². The molecule has 0 aliphatic carbocycles. The van der Waals surface area contributed by atoms with Crippen LogP contribution in [0.15, 0.2) is 485 Å². The van der Waals surface area contributed by atoms with Crippen molar-refractivity contribution >= 4 is 174 Å². The van der Waals surface area contributed by atoms with Crippen molar-refractivity contribution in [2.45, 2.75) is 0 Å². The van der Waals surface area contributed by atoms with Gasteiger partial charge in [0.25, 0.3) is 0 Å². The van der Waals surface area contributed by atoms with Crippen LogP contribution < -0.4 is 0 Å². The molecule has 0 bridgehead atoms. The first kappa shape index (κ1) is 74.1. The smallest absolute Gasteiger partial charge is 0.0547 e. The second-order valence-corrected chi connectivity index (χ2v) is 34.2. The maximum Gasteiger partial charge on any atom is 0.0547 e. The summed E-state index contributed by atoms with van der Waals surface area (Å²) in [7, 11) is 0. The van der Waals surface area contributed by atoms with Crippen molar-refractivity contribution in [3.05, 3.63) is 485 Å². The molecule has 22 aromatic carbocycles. The Kier molecular flexibility index (Phi) is 17.2. The van der Waals surface area contributed by atoms with Crippen LogP contribution in [0.4, 0.5) is 0 Å². The largest absolute Gasteiger partial charge is 0.309 e. The molecule has 0 radical (unpaired) electrons. The third kappa shape index (κ3) is 12.0. The molecule has 0 spiro atoms. The zero-order valence-electron chi connectivity index (χ0n) is 70.9. The lowest BCUT2D eigenvalue weighted by Gasteiger charge is -2.13. The predicted octanol–water partition coefficient (Wildman–Crippen LogP) is 33.3. The minimum absolute atomic E-state index is 1.17. The fourth-order valence-corrected chi connectivity index (χ4v) is 21.2. The van der Waals surface area contributed by atoms with Crippen molar-refractivity contribution in [3.8, 4) is 67.5 Å². The van der Waals surface area contributed by atoms with E-state index < -0.39 is 0 Å². The van der Waals surface area contributed by atoms with Gasteiger partial charge < -0.3 is 27.4 Å². The maximum absolute atomic E-state index is 2.45. The van der Waals surface area contributed by atoms with Crippen LogP contribution in [0.3, 0.4) is 0 Å². The molecule has 6 heteroatoms. The van der Waals surface area contributed by atoms with Crippen molar-refractivity contribution < 1.29 is 0 Å². The second kappa shape index (κ2) is 30.2. The first-order chi connectivity index (χ1) is 64.5. The molecule has 0 aliphatic rings. The van der Waals surface area contributed by atoms with Gasteiger partial charge >= 0.3 is 0 Å².